The number of hydrogen-bond acceptors (Lipinski definition) is 1. The van der Waals surface area contributed by atoms with Crippen molar-refractivity contribution in [3.63, 3.8) is 0 Å². The van der Waals surface area contributed by atoms with Crippen molar-refractivity contribution in [1.29, 1.82) is 0 Å². The molecule has 3 nitrogen and oxygen atoms in total. The van der Waals surface area contributed by atoms with Crippen molar-refractivity contribution >= 4 is 24.1 Å². The number of nitrogens with zero attached hydrogens (tertiary/aromatic N) is 1. The number of hydrogen-bond donors (Lipinski definition) is 1. The van der Waals surface area contributed by atoms with Crippen LogP contribution < -0.4 is 5.73 Å². The SMILES string of the molecule is CC(=O)N=C(C)N.Cl. The molecule has 0 unspecified atom stereocenters. The molecular weight excluding hydrogens is 128 g/mol. The van der Waals surface area contributed by atoms with Crippen LogP contribution in [-0.4, -0.2) is 11.7 Å². The highest BCUT2D eigenvalue weighted by Gasteiger charge is 1.81. The van der Waals surface area contributed by atoms with E-state index in [1.165, 1.54) is 6.92 Å². The van der Waals surface area contributed by atoms with Crippen LogP contribution >= 0.6 is 12.4 Å². The van der Waals surface area contributed by atoms with Crippen LogP contribution in [0.25, 0.3) is 0 Å². The number of carbonyl (C=O) groups excluding carboxylic acids is 1. The Morgan fingerprint density at radius 3 is 1.88 bits per heavy atom. The van der Waals surface area contributed by atoms with Crippen molar-refractivity contribution in [3.05, 3.63) is 0 Å². The van der Waals surface area contributed by atoms with E-state index in [-0.39, 0.29) is 18.3 Å². The predicted molar refractivity (Wildman–Crippen MR) is 35.2 cm³/mol. The van der Waals surface area contributed by atoms with E-state index in [1.54, 1.807) is 6.92 Å². The summed E-state index contributed by atoms with van der Waals surface area (Å²) in [6.07, 6.45) is 0. The summed E-state index contributed by atoms with van der Waals surface area (Å²) in [4.78, 5) is 13.3. The second-order valence-corrected chi connectivity index (χ2v) is 1.27. The molecule has 0 aliphatic heterocycles. The third kappa shape index (κ3) is 9.06. The number of amides is 1. The molecule has 0 fully saturated rings. The molecule has 0 aromatic rings. The summed E-state index contributed by atoms with van der Waals surface area (Å²) in [7, 11) is 0. The summed E-state index contributed by atoms with van der Waals surface area (Å²) < 4.78 is 0. The van der Waals surface area contributed by atoms with Gasteiger partial charge in [0, 0.05) is 6.92 Å². The van der Waals surface area contributed by atoms with E-state index in [0.717, 1.165) is 0 Å². The lowest BCUT2D eigenvalue weighted by Gasteiger charge is -1.81. The van der Waals surface area contributed by atoms with Gasteiger partial charge in [0.25, 0.3) is 0 Å². The monoisotopic (exact) mass is 136 g/mol. The van der Waals surface area contributed by atoms with Gasteiger partial charge in [-0.15, -0.1) is 12.4 Å². The van der Waals surface area contributed by atoms with Gasteiger partial charge in [-0.25, -0.2) is 4.99 Å². The molecule has 0 saturated carbocycles. The van der Waals surface area contributed by atoms with E-state index >= 15 is 0 Å². The van der Waals surface area contributed by atoms with E-state index in [2.05, 4.69) is 4.99 Å². The smallest absolute Gasteiger partial charge is 0.244 e. The Bertz CT molecular complexity index is 107. The highest BCUT2D eigenvalue weighted by Crippen LogP contribution is 1.68. The molecule has 0 spiro atoms. The van der Waals surface area contributed by atoms with Gasteiger partial charge in [-0.1, -0.05) is 0 Å². The zero-order valence-corrected chi connectivity index (χ0v) is 5.66. The maximum Gasteiger partial charge on any atom is 0.244 e. The fraction of sp³-hybridized carbons (Fsp3) is 0.500. The number of carbonyl (C=O) groups is 1. The van der Waals surface area contributed by atoms with Gasteiger partial charge in [0.05, 0.1) is 5.84 Å². The summed E-state index contributed by atoms with van der Waals surface area (Å²) in [5, 5.41) is 0. The van der Waals surface area contributed by atoms with Gasteiger partial charge in [0.2, 0.25) is 5.91 Å². The Balaban J connectivity index is 0. The Morgan fingerprint density at radius 2 is 1.88 bits per heavy atom. The van der Waals surface area contributed by atoms with Crippen LogP contribution in [0.15, 0.2) is 4.99 Å². The quantitative estimate of drug-likeness (QED) is 0.386. The Morgan fingerprint density at radius 1 is 1.50 bits per heavy atom. The van der Waals surface area contributed by atoms with Crippen molar-refractivity contribution in [2.45, 2.75) is 13.8 Å². The molecule has 0 atom stereocenters. The van der Waals surface area contributed by atoms with Crippen LogP contribution in [0.3, 0.4) is 0 Å². The van der Waals surface area contributed by atoms with Crippen LogP contribution in [0.4, 0.5) is 0 Å². The maximum absolute atomic E-state index is 9.99. The van der Waals surface area contributed by atoms with E-state index in [0.29, 0.717) is 5.84 Å². The lowest BCUT2D eigenvalue weighted by atomic mass is 10.6. The highest BCUT2D eigenvalue weighted by atomic mass is 35.5. The standard InChI is InChI=1S/C4H8N2O.ClH/c1-3(5)6-4(2)7;/h1-2H3,(H2,5,6,7);1H. The molecular formula is C4H9ClN2O. The zero-order chi connectivity index (χ0) is 5.86. The van der Waals surface area contributed by atoms with Gasteiger partial charge in [0.1, 0.15) is 0 Å². The molecule has 0 aromatic heterocycles. The molecule has 0 bridgehead atoms. The first-order valence-electron chi connectivity index (χ1n) is 1.94. The first-order valence-corrected chi connectivity index (χ1v) is 1.94. The molecule has 0 aliphatic rings. The van der Waals surface area contributed by atoms with Crippen molar-refractivity contribution in [2.75, 3.05) is 0 Å². The maximum atomic E-state index is 9.99. The number of halogens is 1. The van der Waals surface area contributed by atoms with Crippen LogP contribution in [-0.2, 0) is 4.79 Å². The largest absolute Gasteiger partial charge is 0.387 e. The van der Waals surface area contributed by atoms with Crippen molar-refractivity contribution in [1.82, 2.24) is 0 Å². The molecule has 0 radical (unpaired) electrons. The lowest BCUT2D eigenvalue weighted by molar-refractivity contribution is -0.115. The summed E-state index contributed by atoms with van der Waals surface area (Å²) in [6, 6.07) is 0. The van der Waals surface area contributed by atoms with Gasteiger partial charge in [-0.3, -0.25) is 4.79 Å². The average Bonchev–Trinajstić information content (AvgIpc) is 1.27. The van der Waals surface area contributed by atoms with Gasteiger partial charge in [0.15, 0.2) is 0 Å². The third-order valence-electron chi connectivity index (χ3n) is 0.334. The fourth-order valence-electron chi connectivity index (χ4n) is 0.248. The normalized spacial score (nSPS) is 10.0. The first-order chi connectivity index (χ1) is 3.13. The zero-order valence-electron chi connectivity index (χ0n) is 4.84. The minimum absolute atomic E-state index is 0. The lowest BCUT2D eigenvalue weighted by Crippen LogP contribution is -2.06. The first kappa shape index (κ1) is 10.4. The molecule has 0 saturated heterocycles. The summed E-state index contributed by atoms with van der Waals surface area (Å²) >= 11 is 0. The molecule has 0 aromatic carbocycles. The van der Waals surface area contributed by atoms with Gasteiger partial charge in [-0.2, -0.15) is 0 Å². The Kier molecular flexibility index (Phi) is 5.97. The average molecular weight is 137 g/mol. The predicted octanol–water partition coefficient (Wildman–Crippen LogP) is 0.332. The van der Waals surface area contributed by atoms with E-state index in [4.69, 9.17) is 5.73 Å². The number of rotatable bonds is 0. The second kappa shape index (κ2) is 4.59. The number of nitrogens with two attached hydrogens (primary N) is 1. The summed E-state index contributed by atoms with van der Waals surface area (Å²) in [6.45, 7) is 2.93. The summed E-state index contributed by atoms with van der Waals surface area (Å²) in [5.74, 6) is 0.0625. The van der Waals surface area contributed by atoms with E-state index in [1.807, 2.05) is 0 Å². The molecule has 0 heterocycles. The summed E-state index contributed by atoms with van der Waals surface area (Å²) in [5.41, 5.74) is 5.02. The second-order valence-electron chi connectivity index (χ2n) is 1.27. The third-order valence-corrected chi connectivity index (χ3v) is 0.334. The molecule has 4 heteroatoms. The minimum atomic E-state index is -0.250. The van der Waals surface area contributed by atoms with Crippen LogP contribution in [0.5, 0.6) is 0 Å². The van der Waals surface area contributed by atoms with E-state index < -0.39 is 0 Å². The molecule has 8 heavy (non-hydrogen) atoms. The molecule has 2 N–H and O–H groups in total. The number of amidine groups is 1. The van der Waals surface area contributed by atoms with Crippen molar-refractivity contribution in [3.8, 4) is 0 Å². The molecule has 48 valence electrons. The molecule has 0 aliphatic carbocycles. The highest BCUT2D eigenvalue weighted by molar-refractivity contribution is 5.90. The van der Waals surface area contributed by atoms with Gasteiger partial charge < -0.3 is 5.73 Å². The van der Waals surface area contributed by atoms with Gasteiger partial charge >= 0.3 is 0 Å². The van der Waals surface area contributed by atoms with Gasteiger partial charge in [-0.05, 0) is 6.92 Å². The van der Waals surface area contributed by atoms with E-state index in [9.17, 15) is 4.79 Å². The minimum Gasteiger partial charge on any atom is -0.387 e. The van der Waals surface area contributed by atoms with Crippen LogP contribution in [0, 0.1) is 0 Å². The van der Waals surface area contributed by atoms with Crippen molar-refractivity contribution < 1.29 is 4.79 Å². The van der Waals surface area contributed by atoms with Crippen molar-refractivity contribution in [2.24, 2.45) is 10.7 Å². The van der Waals surface area contributed by atoms with Crippen LogP contribution in [0.1, 0.15) is 13.8 Å². The molecule has 0 rings (SSSR count). The molecule has 1 amide bonds. The Labute approximate surface area is 54.4 Å². The van der Waals surface area contributed by atoms with Crippen LogP contribution in [0.2, 0.25) is 0 Å². The Hall–Kier alpha value is -0.570. The number of aliphatic imine (C=N–C) groups is 1. The topological polar surface area (TPSA) is 55.5 Å². The fourth-order valence-corrected chi connectivity index (χ4v) is 0.248.